The summed E-state index contributed by atoms with van der Waals surface area (Å²) < 4.78 is 7.37. The zero-order valence-corrected chi connectivity index (χ0v) is 13.5. The van der Waals surface area contributed by atoms with Gasteiger partial charge in [0, 0.05) is 32.1 Å². The number of hydrogen-bond donors (Lipinski definition) is 0. The Kier molecular flexibility index (Phi) is 4.27. The third-order valence-corrected chi connectivity index (χ3v) is 4.37. The molecular weight excluding hydrogens is 325 g/mol. The van der Waals surface area contributed by atoms with Crippen LogP contribution in [0.5, 0.6) is 5.75 Å². The largest absolute Gasteiger partial charge is 0.488 e. The van der Waals surface area contributed by atoms with E-state index in [2.05, 4.69) is 4.98 Å². The zero-order chi connectivity index (χ0) is 15.7. The van der Waals surface area contributed by atoms with E-state index in [1.165, 1.54) is 10.9 Å². The standard InChI is InChI=1S/C15H15Cl2N3O2/c1-19-9-18-14(7-15(19)21)20-5-4-11(8-20)22-10-2-3-12(16)13(17)6-10/h2-3,6-7,9,11H,4-5,8H2,1H3. The summed E-state index contributed by atoms with van der Waals surface area (Å²) in [7, 11) is 1.68. The van der Waals surface area contributed by atoms with Gasteiger partial charge in [-0.25, -0.2) is 4.98 Å². The average molecular weight is 340 g/mol. The van der Waals surface area contributed by atoms with E-state index in [4.69, 9.17) is 27.9 Å². The molecule has 1 aliphatic rings. The van der Waals surface area contributed by atoms with Gasteiger partial charge in [0.15, 0.2) is 0 Å². The molecule has 1 aromatic carbocycles. The van der Waals surface area contributed by atoms with Crippen LogP contribution < -0.4 is 15.2 Å². The molecule has 5 nitrogen and oxygen atoms in total. The molecule has 7 heteroatoms. The first-order valence-corrected chi connectivity index (χ1v) is 7.68. The molecule has 2 aromatic rings. The lowest BCUT2D eigenvalue weighted by atomic mass is 10.3. The Balaban J connectivity index is 1.68. The summed E-state index contributed by atoms with van der Waals surface area (Å²) >= 11 is 11.9. The zero-order valence-electron chi connectivity index (χ0n) is 12.0. The number of nitrogens with zero attached hydrogens (tertiary/aromatic N) is 3. The minimum absolute atomic E-state index is 0.0306. The van der Waals surface area contributed by atoms with E-state index in [1.54, 1.807) is 31.3 Å². The predicted octanol–water partition coefficient (Wildman–Crippen LogP) is 2.74. The Labute approximate surface area is 138 Å². The van der Waals surface area contributed by atoms with Crippen molar-refractivity contribution in [3.05, 3.63) is 51.0 Å². The van der Waals surface area contributed by atoms with Crippen LogP contribution in [0.3, 0.4) is 0 Å². The second-order valence-corrected chi connectivity index (χ2v) is 6.06. The molecule has 3 rings (SSSR count). The number of halogens is 2. The summed E-state index contributed by atoms with van der Waals surface area (Å²) in [5.41, 5.74) is -0.0705. The first-order chi connectivity index (χ1) is 10.5. The molecule has 0 bridgehead atoms. The maximum Gasteiger partial charge on any atom is 0.255 e. The van der Waals surface area contributed by atoms with Crippen LogP contribution in [0.4, 0.5) is 5.82 Å². The summed E-state index contributed by atoms with van der Waals surface area (Å²) in [6.07, 6.45) is 2.42. The number of anilines is 1. The first-order valence-electron chi connectivity index (χ1n) is 6.92. The van der Waals surface area contributed by atoms with Crippen LogP contribution in [0.15, 0.2) is 35.4 Å². The van der Waals surface area contributed by atoms with Gasteiger partial charge < -0.3 is 14.2 Å². The van der Waals surface area contributed by atoms with Crippen molar-refractivity contribution in [2.24, 2.45) is 7.05 Å². The highest BCUT2D eigenvalue weighted by atomic mass is 35.5. The molecule has 1 fully saturated rings. The van der Waals surface area contributed by atoms with Gasteiger partial charge in [-0.2, -0.15) is 0 Å². The maximum absolute atomic E-state index is 11.7. The molecule has 0 spiro atoms. The lowest BCUT2D eigenvalue weighted by molar-refractivity contribution is 0.225. The highest BCUT2D eigenvalue weighted by molar-refractivity contribution is 6.42. The number of rotatable bonds is 3. The van der Waals surface area contributed by atoms with Gasteiger partial charge in [0.05, 0.1) is 22.9 Å². The Morgan fingerprint density at radius 1 is 1.27 bits per heavy atom. The van der Waals surface area contributed by atoms with Crippen molar-refractivity contribution in [3.63, 3.8) is 0 Å². The number of aryl methyl sites for hydroxylation is 1. The Morgan fingerprint density at radius 2 is 2.09 bits per heavy atom. The van der Waals surface area contributed by atoms with Gasteiger partial charge in [-0.1, -0.05) is 23.2 Å². The Morgan fingerprint density at radius 3 is 2.82 bits per heavy atom. The quantitative estimate of drug-likeness (QED) is 0.862. The van der Waals surface area contributed by atoms with Crippen LogP contribution in [-0.2, 0) is 7.05 Å². The summed E-state index contributed by atoms with van der Waals surface area (Å²) in [5.74, 6) is 1.38. The molecule has 1 aliphatic heterocycles. The fourth-order valence-electron chi connectivity index (χ4n) is 2.40. The third kappa shape index (κ3) is 3.20. The Hall–Kier alpha value is -1.72. The summed E-state index contributed by atoms with van der Waals surface area (Å²) in [6, 6.07) is 6.77. The lowest BCUT2D eigenvalue weighted by Gasteiger charge is -2.18. The fraction of sp³-hybridized carbons (Fsp3) is 0.333. The highest BCUT2D eigenvalue weighted by Crippen LogP contribution is 2.28. The van der Waals surface area contributed by atoms with Gasteiger partial charge in [-0.3, -0.25) is 4.79 Å². The number of ether oxygens (including phenoxy) is 1. The van der Waals surface area contributed by atoms with Gasteiger partial charge in [0.2, 0.25) is 0 Å². The highest BCUT2D eigenvalue weighted by Gasteiger charge is 2.25. The molecule has 1 atom stereocenters. The third-order valence-electron chi connectivity index (χ3n) is 3.63. The minimum atomic E-state index is -0.0705. The van der Waals surface area contributed by atoms with Crippen molar-refractivity contribution in [1.82, 2.24) is 9.55 Å². The van der Waals surface area contributed by atoms with Gasteiger partial charge in [-0.15, -0.1) is 0 Å². The molecule has 0 aliphatic carbocycles. The van der Waals surface area contributed by atoms with E-state index in [0.29, 0.717) is 28.2 Å². The van der Waals surface area contributed by atoms with E-state index in [1.807, 2.05) is 4.90 Å². The van der Waals surface area contributed by atoms with Crippen molar-refractivity contribution in [2.45, 2.75) is 12.5 Å². The predicted molar refractivity (Wildman–Crippen MR) is 87.2 cm³/mol. The van der Waals surface area contributed by atoms with E-state index in [-0.39, 0.29) is 11.7 Å². The van der Waals surface area contributed by atoms with Crippen LogP contribution in [0.2, 0.25) is 10.0 Å². The van der Waals surface area contributed by atoms with Gasteiger partial charge in [0.1, 0.15) is 17.7 Å². The summed E-state index contributed by atoms with van der Waals surface area (Å²) in [6.45, 7) is 1.48. The monoisotopic (exact) mass is 339 g/mol. The molecule has 0 N–H and O–H groups in total. The van der Waals surface area contributed by atoms with E-state index in [9.17, 15) is 4.79 Å². The fourth-order valence-corrected chi connectivity index (χ4v) is 2.69. The van der Waals surface area contributed by atoms with Crippen molar-refractivity contribution in [3.8, 4) is 5.75 Å². The number of hydrogen-bond acceptors (Lipinski definition) is 4. The molecule has 1 unspecified atom stereocenters. The van der Waals surface area contributed by atoms with Crippen molar-refractivity contribution >= 4 is 29.0 Å². The molecule has 1 saturated heterocycles. The van der Waals surface area contributed by atoms with Gasteiger partial charge in [0.25, 0.3) is 5.56 Å². The molecular formula is C15H15Cl2N3O2. The topological polar surface area (TPSA) is 47.4 Å². The summed E-state index contributed by atoms with van der Waals surface area (Å²) in [5, 5.41) is 0.980. The van der Waals surface area contributed by atoms with E-state index in [0.717, 1.165) is 13.0 Å². The van der Waals surface area contributed by atoms with Gasteiger partial charge in [-0.05, 0) is 12.1 Å². The Bertz CT molecular complexity index is 748. The molecule has 116 valence electrons. The summed E-state index contributed by atoms with van der Waals surface area (Å²) in [4.78, 5) is 18.0. The number of benzene rings is 1. The molecule has 22 heavy (non-hydrogen) atoms. The van der Waals surface area contributed by atoms with Crippen molar-refractivity contribution in [1.29, 1.82) is 0 Å². The molecule has 0 radical (unpaired) electrons. The first kappa shape index (κ1) is 15.2. The molecule has 2 heterocycles. The van der Waals surface area contributed by atoms with Crippen LogP contribution in [0.1, 0.15) is 6.42 Å². The van der Waals surface area contributed by atoms with Gasteiger partial charge >= 0.3 is 0 Å². The van der Waals surface area contributed by atoms with Crippen LogP contribution in [-0.4, -0.2) is 28.7 Å². The smallest absolute Gasteiger partial charge is 0.255 e. The lowest BCUT2D eigenvalue weighted by Crippen LogP contribution is -2.27. The van der Waals surface area contributed by atoms with Crippen molar-refractivity contribution < 1.29 is 4.74 Å². The number of aromatic nitrogens is 2. The van der Waals surface area contributed by atoms with Crippen LogP contribution in [0, 0.1) is 0 Å². The SMILES string of the molecule is Cn1cnc(N2CCC(Oc3ccc(Cl)c(Cl)c3)C2)cc1=O. The molecule has 0 saturated carbocycles. The second-order valence-electron chi connectivity index (χ2n) is 5.25. The van der Waals surface area contributed by atoms with Crippen LogP contribution >= 0.6 is 23.2 Å². The molecule has 0 amide bonds. The van der Waals surface area contributed by atoms with E-state index < -0.39 is 0 Å². The second kappa shape index (κ2) is 6.18. The minimum Gasteiger partial charge on any atom is -0.488 e. The normalized spacial score (nSPS) is 17.8. The van der Waals surface area contributed by atoms with Crippen LogP contribution in [0.25, 0.3) is 0 Å². The molecule has 1 aromatic heterocycles. The maximum atomic E-state index is 11.7. The van der Waals surface area contributed by atoms with Crippen molar-refractivity contribution in [2.75, 3.05) is 18.0 Å². The average Bonchev–Trinajstić information content (AvgIpc) is 2.94. The van der Waals surface area contributed by atoms with E-state index >= 15 is 0 Å².